The molecule has 1 heterocycles. The summed E-state index contributed by atoms with van der Waals surface area (Å²) in [5.74, 6) is -0.503. The van der Waals surface area contributed by atoms with Crippen molar-refractivity contribution in [3.8, 4) is 0 Å². The maximum absolute atomic E-state index is 11.5. The molecule has 1 N–H and O–H groups in total. The van der Waals surface area contributed by atoms with E-state index >= 15 is 0 Å². The number of ether oxygens (including phenoxy) is 2. The Hall–Kier alpha value is -0.698. The smallest absolute Gasteiger partial charge is 0.306 e. The normalized spacial score (nSPS) is 29.2. The van der Waals surface area contributed by atoms with Crippen LogP contribution in [0.15, 0.2) is 0 Å². The van der Waals surface area contributed by atoms with E-state index in [0.29, 0.717) is 6.29 Å². The zero-order chi connectivity index (χ0) is 18.5. The van der Waals surface area contributed by atoms with Crippen LogP contribution in [0, 0.1) is 0 Å². The summed E-state index contributed by atoms with van der Waals surface area (Å²) < 4.78 is 24.2. The first-order chi connectivity index (χ1) is 11.0. The SMILES string of the molecule is [2H]OC1[C@@H](COC(=O)CCC=O)O[C@@H]([B])[C@H]1O[Si](C)(C)C(C)(C)C. The van der Waals surface area contributed by atoms with Gasteiger partial charge in [-0.15, -0.1) is 0 Å². The van der Waals surface area contributed by atoms with Gasteiger partial charge in [0.1, 0.15) is 32.9 Å². The highest BCUT2D eigenvalue weighted by molar-refractivity contribution is 6.74. The molecule has 130 valence electrons. The lowest BCUT2D eigenvalue weighted by Gasteiger charge is -2.39. The number of hydrogen-bond donors (Lipinski definition) is 1. The number of aldehydes is 1. The number of carbonyl (C=O) groups is 2. The molecule has 6 nitrogen and oxygen atoms in total. The predicted molar refractivity (Wildman–Crippen MR) is 88.7 cm³/mol. The fourth-order valence-electron chi connectivity index (χ4n) is 1.96. The average molecular weight is 343 g/mol. The fourth-order valence-corrected chi connectivity index (χ4v) is 3.27. The molecule has 23 heavy (non-hydrogen) atoms. The molecule has 1 aliphatic rings. The van der Waals surface area contributed by atoms with Crippen LogP contribution in [0.4, 0.5) is 0 Å². The molecule has 0 bridgehead atoms. The molecule has 0 saturated carbocycles. The molecule has 1 rings (SSSR count). The molecule has 0 aromatic heterocycles. The highest BCUT2D eigenvalue weighted by Crippen LogP contribution is 2.39. The van der Waals surface area contributed by atoms with E-state index in [0.717, 1.165) is 0 Å². The van der Waals surface area contributed by atoms with Crippen LogP contribution < -0.4 is 0 Å². The third kappa shape index (κ3) is 5.41. The molecule has 0 aromatic carbocycles. The molecule has 1 aliphatic heterocycles. The Morgan fingerprint density at radius 3 is 2.65 bits per heavy atom. The van der Waals surface area contributed by atoms with E-state index in [4.69, 9.17) is 28.3 Å². The topological polar surface area (TPSA) is 82.1 Å². The van der Waals surface area contributed by atoms with Crippen LogP contribution in [0.3, 0.4) is 0 Å². The first-order valence-electron chi connectivity index (χ1n) is 8.24. The number of esters is 1. The van der Waals surface area contributed by atoms with E-state index in [1.54, 1.807) is 0 Å². The van der Waals surface area contributed by atoms with Gasteiger partial charge in [0.25, 0.3) is 0 Å². The summed E-state index contributed by atoms with van der Waals surface area (Å²) >= 11 is 0. The van der Waals surface area contributed by atoms with Gasteiger partial charge in [-0.3, -0.25) is 4.79 Å². The summed E-state index contributed by atoms with van der Waals surface area (Å²) in [6.45, 7) is 10.4. The molecule has 0 aliphatic carbocycles. The van der Waals surface area contributed by atoms with E-state index in [9.17, 15) is 9.59 Å². The van der Waals surface area contributed by atoms with E-state index < -0.39 is 38.6 Å². The Morgan fingerprint density at radius 2 is 2.13 bits per heavy atom. The van der Waals surface area contributed by atoms with Crippen molar-refractivity contribution in [2.24, 2.45) is 0 Å². The monoisotopic (exact) mass is 343 g/mol. The lowest BCUT2D eigenvalue weighted by atomic mass is 9.93. The van der Waals surface area contributed by atoms with Crippen LogP contribution in [-0.2, 0) is 23.5 Å². The third-order valence-corrected chi connectivity index (χ3v) is 8.93. The second-order valence-corrected chi connectivity index (χ2v) is 12.1. The van der Waals surface area contributed by atoms with Crippen molar-refractivity contribution < 1.29 is 28.6 Å². The Morgan fingerprint density at radius 1 is 1.48 bits per heavy atom. The van der Waals surface area contributed by atoms with Crippen molar-refractivity contribution in [2.45, 2.75) is 76.1 Å². The summed E-state index contributed by atoms with van der Waals surface area (Å²) in [5.41, 5.74) is 0. The molecule has 0 aromatic rings. The predicted octanol–water partition coefficient (Wildman–Crippen LogP) is 1.15. The summed E-state index contributed by atoms with van der Waals surface area (Å²) in [6, 6.07) is -0.756. The lowest BCUT2D eigenvalue weighted by molar-refractivity contribution is -0.149. The highest BCUT2D eigenvalue weighted by Gasteiger charge is 2.47. The van der Waals surface area contributed by atoms with Crippen molar-refractivity contribution in [1.29, 1.82) is 1.43 Å². The molecule has 1 saturated heterocycles. The second-order valence-electron chi connectivity index (χ2n) is 7.33. The van der Waals surface area contributed by atoms with Gasteiger partial charge in [0.05, 0.1) is 12.5 Å². The second kappa shape index (κ2) is 7.92. The largest absolute Gasteiger partial charge is 0.463 e. The minimum Gasteiger partial charge on any atom is -0.463 e. The zero-order valence-electron chi connectivity index (χ0n) is 15.5. The number of rotatable bonds is 8. The van der Waals surface area contributed by atoms with Crippen molar-refractivity contribution in [3.05, 3.63) is 0 Å². The van der Waals surface area contributed by atoms with Crippen LogP contribution in [-0.4, -0.2) is 65.9 Å². The van der Waals surface area contributed by atoms with Crippen molar-refractivity contribution in [3.63, 3.8) is 0 Å². The summed E-state index contributed by atoms with van der Waals surface area (Å²) in [4.78, 5) is 21.8. The standard InChI is InChI=1S/C15H27BO6Si/c1-15(2,3)23(4,5)22-13-12(19)10(21-14(13)16)9-20-11(18)7-6-8-17/h8,10,12-14,19H,6-7,9H2,1-5H3/t10-,12?,13+,14-/m1/s1/i19D. The van der Waals surface area contributed by atoms with Crippen molar-refractivity contribution >= 4 is 28.4 Å². The molecule has 1 fully saturated rings. The molecule has 0 amide bonds. The van der Waals surface area contributed by atoms with Crippen LogP contribution in [0.5, 0.6) is 0 Å². The molecular formula is C15H27BO6Si. The van der Waals surface area contributed by atoms with Gasteiger partial charge in [-0.25, -0.2) is 0 Å². The van der Waals surface area contributed by atoms with Gasteiger partial charge >= 0.3 is 5.97 Å². The molecule has 1 unspecified atom stereocenters. The van der Waals surface area contributed by atoms with Crippen LogP contribution >= 0.6 is 0 Å². The fraction of sp³-hybridized carbons (Fsp3) is 0.867. The van der Waals surface area contributed by atoms with Crippen LogP contribution in [0.25, 0.3) is 0 Å². The molecular weight excluding hydrogens is 315 g/mol. The first kappa shape index (κ1) is 18.6. The van der Waals surface area contributed by atoms with Crippen LogP contribution in [0.2, 0.25) is 18.1 Å². The highest BCUT2D eigenvalue weighted by atomic mass is 28.4. The van der Waals surface area contributed by atoms with Gasteiger partial charge in [0.15, 0.2) is 8.32 Å². The summed E-state index contributed by atoms with van der Waals surface area (Å²) in [7, 11) is 3.87. The number of aliphatic hydroxyl groups excluding tert-OH is 1. The maximum atomic E-state index is 11.5. The van der Waals surface area contributed by atoms with Crippen LogP contribution in [0.1, 0.15) is 33.6 Å². The van der Waals surface area contributed by atoms with Gasteiger partial charge in [-0.1, -0.05) is 20.8 Å². The first-order valence-corrected chi connectivity index (χ1v) is 10.7. The number of carbonyl (C=O) groups excluding carboxylic acids is 2. The van der Waals surface area contributed by atoms with Gasteiger partial charge in [-0.05, 0) is 18.1 Å². The average Bonchev–Trinajstić information content (AvgIpc) is 2.76. The van der Waals surface area contributed by atoms with Gasteiger partial charge in [-0.2, -0.15) is 0 Å². The molecule has 4 atom stereocenters. The Labute approximate surface area is 141 Å². The number of aliphatic hydroxyl groups is 1. The van der Waals surface area contributed by atoms with Crippen molar-refractivity contribution in [2.75, 3.05) is 6.61 Å². The van der Waals surface area contributed by atoms with E-state index in [1.807, 2.05) is 0 Å². The third-order valence-electron chi connectivity index (χ3n) is 4.46. The van der Waals surface area contributed by atoms with Gasteiger partial charge < -0.3 is 23.8 Å². The minimum absolute atomic E-state index is 0.0125. The summed E-state index contributed by atoms with van der Waals surface area (Å²) in [5, 5.41) is 4.74. The Balaban J connectivity index is 2.70. The molecule has 8 heteroatoms. The maximum Gasteiger partial charge on any atom is 0.306 e. The lowest BCUT2D eigenvalue weighted by Crippen LogP contribution is -2.49. The van der Waals surface area contributed by atoms with E-state index in [2.05, 4.69) is 33.9 Å². The summed E-state index contributed by atoms with van der Waals surface area (Å²) in [6.07, 6.45) is -1.23. The van der Waals surface area contributed by atoms with E-state index in [1.165, 1.54) is 0 Å². The quantitative estimate of drug-likeness (QED) is 0.405. The van der Waals surface area contributed by atoms with Gasteiger partial charge in [0, 0.05) is 12.4 Å². The molecule has 2 radical (unpaired) electrons. The zero-order valence-corrected chi connectivity index (χ0v) is 15.5. The molecule has 0 spiro atoms. The minimum atomic E-state index is -2.13. The van der Waals surface area contributed by atoms with Crippen molar-refractivity contribution in [1.82, 2.24) is 0 Å². The number of hydrogen-bond acceptors (Lipinski definition) is 6. The Kier molecular flexibility index (Phi) is 6.42. The van der Waals surface area contributed by atoms with Gasteiger partial charge in [0.2, 0.25) is 1.43 Å². The Bertz CT molecular complexity index is 442. The van der Waals surface area contributed by atoms with E-state index in [-0.39, 0.29) is 24.5 Å².